The van der Waals surface area contributed by atoms with E-state index in [1.807, 2.05) is 30.3 Å². The van der Waals surface area contributed by atoms with Crippen molar-refractivity contribution in [3.8, 4) is 0 Å². The molecule has 0 saturated heterocycles. The Balaban J connectivity index is 1.91. The topological polar surface area (TPSA) is 60.4 Å². The molecule has 0 unspecified atom stereocenters. The van der Waals surface area contributed by atoms with E-state index in [9.17, 15) is 13.2 Å². The van der Waals surface area contributed by atoms with Crippen molar-refractivity contribution in [1.82, 2.24) is 0 Å². The summed E-state index contributed by atoms with van der Waals surface area (Å²) < 4.78 is 32.6. The van der Waals surface area contributed by atoms with E-state index in [2.05, 4.69) is 0 Å². The van der Waals surface area contributed by atoms with Gasteiger partial charge in [0.05, 0.1) is 9.80 Å². The summed E-state index contributed by atoms with van der Waals surface area (Å²) in [7, 11) is -3.73. The Hall–Kier alpha value is -2.40. The van der Waals surface area contributed by atoms with Crippen molar-refractivity contribution in [3.05, 3.63) is 71.1 Å². The van der Waals surface area contributed by atoms with Crippen LogP contribution in [-0.2, 0) is 19.4 Å². The second-order valence-electron chi connectivity index (χ2n) is 6.38. The van der Waals surface area contributed by atoms with Crippen molar-refractivity contribution < 1.29 is 17.9 Å². The fourth-order valence-electron chi connectivity index (χ4n) is 3.63. The molecule has 1 aliphatic carbocycles. The normalized spacial score (nSPS) is 23.3. The van der Waals surface area contributed by atoms with Gasteiger partial charge in [-0.1, -0.05) is 48.5 Å². The number of sulfone groups is 1. The molecule has 4 rings (SSSR count). The zero-order valence-electron chi connectivity index (χ0n) is 13.6. The van der Waals surface area contributed by atoms with E-state index in [1.165, 1.54) is 0 Å². The lowest BCUT2D eigenvalue weighted by Crippen LogP contribution is -2.33. The summed E-state index contributed by atoms with van der Waals surface area (Å²) >= 11 is 0. The van der Waals surface area contributed by atoms with Crippen LogP contribution in [0, 0.1) is 5.92 Å². The maximum atomic E-state index is 13.3. The lowest BCUT2D eigenvalue weighted by atomic mass is 9.86. The number of ketones is 1. The van der Waals surface area contributed by atoms with Crippen LogP contribution in [0.4, 0.5) is 0 Å². The number of hydrogen-bond acceptors (Lipinski definition) is 4. The number of ether oxygens (including phenoxy) is 1. The average molecular weight is 354 g/mol. The van der Waals surface area contributed by atoms with Crippen LogP contribution in [0.15, 0.2) is 70.5 Å². The Bertz CT molecular complexity index is 930. The van der Waals surface area contributed by atoms with E-state index in [0.717, 1.165) is 0 Å². The molecule has 1 fully saturated rings. The summed E-state index contributed by atoms with van der Waals surface area (Å²) in [4.78, 5) is 12.8. The maximum absolute atomic E-state index is 13.3. The van der Waals surface area contributed by atoms with E-state index in [4.69, 9.17) is 4.74 Å². The minimum Gasteiger partial charge on any atom is -0.480 e. The number of benzene rings is 2. The second kappa shape index (κ2) is 6.15. The number of carbonyl (C=O) groups excluding carboxylic acids is 1. The molecule has 0 radical (unpaired) electrons. The third-order valence-electron chi connectivity index (χ3n) is 4.81. The average Bonchev–Trinajstić information content (AvgIpc) is 3.05. The molecule has 1 heterocycles. The number of Topliss-reactive ketones (excluding diaryl/α,β-unsaturated/α-hetero) is 1. The zero-order valence-corrected chi connectivity index (χ0v) is 14.4. The van der Waals surface area contributed by atoms with Crippen molar-refractivity contribution in [2.75, 3.05) is 0 Å². The van der Waals surface area contributed by atoms with E-state index in [1.54, 1.807) is 30.3 Å². The van der Waals surface area contributed by atoms with Gasteiger partial charge in [-0.05, 0) is 25.0 Å². The Labute approximate surface area is 147 Å². The van der Waals surface area contributed by atoms with Gasteiger partial charge in [-0.25, -0.2) is 8.42 Å². The first-order valence-electron chi connectivity index (χ1n) is 8.38. The minimum atomic E-state index is -3.73. The van der Waals surface area contributed by atoms with Crippen LogP contribution in [0.1, 0.15) is 24.8 Å². The molecular weight excluding hydrogens is 336 g/mol. The first-order chi connectivity index (χ1) is 12.1. The van der Waals surface area contributed by atoms with Crippen molar-refractivity contribution >= 4 is 21.4 Å². The summed E-state index contributed by atoms with van der Waals surface area (Å²) in [6.45, 7) is 0. The lowest BCUT2D eigenvalue weighted by molar-refractivity contribution is -0.129. The van der Waals surface area contributed by atoms with Gasteiger partial charge in [0.1, 0.15) is 5.76 Å². The number of carbonyl (C=O) groups is 1. The van der Waals surface area contributed by atoms with Crippen LogP contribution < -0.4 is 0 Å². The van der Waals surface area contributed by atoms with Crippen LogP contribution >= 0.6 is 0 Å². The number of fused-ring (bicyclic) bond motifs is 1. The lowest BCUT2D eigenvalue weighted by Gasteiger charge is -2.24. The molecule has 25 heavy (non-hydrogen) atoms. The Morgan fingerprint density at radius 2 is 1.56 bits per heavy atom. The predicted molar refractivity (Wildman–Crippen MR) is 94.2 cm³/mol. The van der Waals surface area contributed by atoms with Gasteiger partial charge in [0.25, 0.3) is 0 Å². The molecule has 0 N–H and O–H groups in total. The van der Waals surface area contributed by atoms with Crippen LogP contribution in [0.5, 0.6) is 0 Å². The SMILES string of the molecule is O=C1CCC[C@H]2C(S(=O)(=O)c3ccccc3)=C(c3ccccc3)O[C@@H]12. The summed E-state index contributed by atoms with van der Waals surface area (Å²) in [6, 6.07) is 17.5. The molecule has 128 valence electrons. The van der Waals surface area contributed by atoms with Gasteiger partial charge in [-0.3, -0.25) is 4.79 Å². The molecule has 2 aromatic rings. The Kier molecular flexibility index (Phi) is 3.96. The van der Waals surface area contributed by atoms with Gasteiger partial charge in [-0.15, -0.1) is 0 Å². The highest BCUT2D eigenvalue weighted by molar-refractivity contribution is 7.95. The molecule has 5 heteroatoms. The predicted octanol–water partition coefficient (Wildman–Crippen LogP) is 3.60. The molecule has 2 atom stereocenters. The maximum Gasteiger partial charge on any atom is 0.206 e. The summed E-state index contributed by atoms with van der Waals surface area (Å²) in [5.74, 6) is -0.0840. The van der Waals surface area contributed by atoms with Crippen LogP contribution in [0.2, 0.25) is 0 Å². The van der Waals surface area contributed by atoms with Crippen LogP contribution in [-0.4, -0.2) is 20.3 Å². The molecular formula is C20H18O4S. The quantitative estimate of drug-likeness (QED) is 0.845. The second-order valence-corrected chi connectivity index (χ2v) is 8.30. The van der Waals surface area contributed by atoms with Crippen LogP contribution in [0.25, 0.3) is 5.76 Å². The fourth-order valence-corrected chi connectivity index (χ4v) is 5.45. The van der Waals surface area contributed by atoms with Gasteiger partial charge in [0.2, 0.25) is 9.84 Å². The number of rotatable bonds is 3. The molecule has 0 spiro atoms. The highest BCUT2D eigenvalue weighted by atomic mass is 32.2. The molecule has 1 saturated carbocycles. The first kappa shape index (κ1) is 16.1. The van der Waals surface area contributed by atoms with Gasteiger partial charge in [0, 0.05) is 17.9 Å². The summed E-state index contributed by atoms with van der Waals surface area (Å²) in [5, 5.41) is 0. The standard InChI is InChI=1S/C20H18O4S/c21-17-13-7-12-16-19(17)24-18(14-8-3-1-4-9-14)20(16)25(22,23)15-10-5-2-6-11-15/h1-6,8-11,16,19H,7,12-13H2/t16-,19-/m1/s1. The number of hydrogen-bond donors (Lipinski definition) is 0. The molecule has 0 amide bonds. The molecule has 0 bridgehead atoms. The smallest absolute Gasteiger partial charge is 0.206 e. The minimum absolute atomic E-state index is 0.0112. The van der Waals surface area contributed by atoms with E-state index >= 15 is 0 Å². The summed E-state index contributed by atoms with van der Waals surface area (Å²) in [6.07, 6.45) is 1.10. The van der Waals surface area contributed by atoms with Gasteiger partial charge in [0.15, 0.2) is 11.9 Å². The van der Waals surface area contributed by atoms with Gasteiger partial charge in [-0.2, -0.15) is 0 Å². The Morgan fingerprint density at radius 3 is 2.24 bits per heavy atom. The molecule has 0 aromatic heterocycles. The van der Waals surface area contributed by atoms with Crippen molar-refractivity contribution in [1.29, 1.82) is 0 Å². The highest BCUT2D eigenvalue weighted by Crippen LogP contribution is 2.46. The molecule has 1 aliphatic heterocycles. The Morgan fingerprint density at radius 1 is 0.920 bits per heavy atom. The van der Waals surface area contributed by atoms with Crippen molar-refractivity contribution in [3.63, 3.8) is 0 Å². The zero-order chi connectivity index (χ0) is 17.4. The fraction of sp³-hybridized carbons (Fsp3) is 0.250. The van der Waals surface area contributed by atoms with E-state index < -0.39 is 21.9 Å². The molecule has 2 aliphatic rings. The van der Waals surface area contributed by atoms with E-state index in [-0.39, 0.29) is 15.6 Å². The highest BCUT2D eigenvalue weighted by Gasteiger charge is 2.48. The third-order valence-corrected chi connectivity index (χ3v) is 6.77. The van der Waals surface area contributed by atoms with Gasteiger partial charge >= 0.3 is 0 Å². The van der Waals surface area contributed by atoms with E-state index in [0.29, 0.717) is 30.6 Å². The first-order valence-corrected chi connectivity index (χ1v) is 9.86. The van der Waals surface area contributed by atoms with Crippen molar-refractivity contribution in [2.45, 2.75) is 30.3 Å². The molecule has 4 nitrogen and oxygen atoms in total. The molecule has 2 aromatic carbocycles. The summed E-state index contributed by atoms with van der Waals surface area (Å²) in [5.41, 5.74) is 0.694. The van der Waals surface area contributed by atoms with Crippen molar-refractivity contribution in [2.24, 2.45) is 5.92 Å². The van der Waals surface area contributed by atoms with Gasteiger partial charge < -0.3 is 4.74 Å². The third kappa shape index (κ3) is 2.68. The van der Waals surface area contributed by atoms with Crippen LogP contribution in [0.3, 0.4) is 0 Å². The largest absolute Gasteiger partial charge is 0.480 e. The monoisotopic (exact) mass is 354 g/mol.